The Bertz CT molecular complexity index is 393. The number of benzene rings is 1. The van der Waals surface area contributed by atoms with Gasteiger partial charge in [-0.15, -0.1) is 12.4 Å². The molecule has 0 aromatic heterocycles. The van der Waals surface area contributed by atoms with Crippen LogP contribution in [0.25, 0.3) is 0 Å². The lowest BCUT2D eigenvalue weighted by atomic mass is 9.90. The zero-order valence-electron chi connectivity index (χ0n) is 10.1. The van der Waals surface area contributed by atoms with Crippen LogP contribution < -0.4 is 10.6 Å². The van der Waals surface area contributed by atoms with Gasteiger partial charge in [0, 0.05) is 5.69 Å². The summed E-state index contributed by atoms with van der Waals surface area (Å²) in [5, 5.41) is 5.83. The van der Waals surface area contributed by atoms with Crippen LogP contribution in [0.3, 0.4) is 0 Å². The van der Waals surface area contributed by atoms with Gasteiger partial charge in [0.1, 0.15) is 0 Å². The van der Waals surface area contributed by atoms with Crippen molar-refractivity contribution >= 4 is 24.0 Å². The maximum absolute atomic E-state index is 11.5. The summed E-state index contributed by atoms with van der Waals surface area (Å²) in [4.78, 5) is 11.5. The van der Waals surface area contributed by atoms with Crippen molar-refractivity contribution in [2.45, 2.75) is 25.7 Å². The van der Waals surface area contributed by atoms with Crippen LogP contribution in [-0.4, -0.2) is 19.5 Å². The third-order valence-electron chi connectivity index (χ3n) is 3.01. The first-order valence-electron chi connectivity index (χ1n) is 5.86. The fourth-order valence-electron chi connectivity index (χ4n) is 2.25. The second-order valence-corrected chi connectivity index (χ2v) is 4.23. The molecule has 2 rings (SSSR count). The average molecular weight is 255 g/mol. The Morgan fingerprint density at radius 2 is 2.06 bits per heavy atom. The quantitative estimate of drug-likeness (QED) is 0.868. The van der Waals surface area contributed by atoms with Crippen LogP contribution in [0.15, 0.2) is 18.2 Å². The highest BCUT2D eigenvalue weighted by Crippen LogP contribution is 2.27. The molecule has 0 saturated heterocycles. The number of halogens is 1. The van der Waals surface area contributed by atoms with Crippen LogP contribution in [0.5, 0.6) is 0 Å². The van der Waals surface area contributed by atoms with Crippen LogP contribution in [-0.2, 0) is 17.6 Å². The monoisotopic (exact) mass is 254 g/mol. The van der Waals surface area contributed by atoms with Crippen LogP contribution in [0, 0.1) is 0 Å². The number of anilines is 1. The van der Waals surface area contributed by atoms with E-state index in [0.717, 1.165) is 18.5 Å². The van der Waals surface area contributed by atoms with Gasteiger partial charge >= 0.3 is 0 Å². The maximum Gasteiger partial charge on any atom is 0.238 e. The van der Waals surface area contributed by atoms with Gasteiger partial charge < -0.3 is 10.6 Å². The molecule has 4 heteroatoms. The zero-order chi connectivity index (χ0) is 11.4. The smallest absolute Gasteiger partial charge is 0.238 e. The van der Waals surface area contributed by atoms with Gasteiger partial charge in [-0.05, 0) is 49.9 Å². The first-order chi connectivity index (χ1) is 7.81. The van der Waals surface area contributed by atoms with Crippen molar-refractivity contribution < 1.29 is 4.79 Å². The second kappa shape index (κ2) is 6.62. The van der Waals surface area contributed by atoms with Gasteiger partial charge in [-0.1, -0.05) is 12.1 Å². The number of amides is 1. The molecule has 0 heterocycles. The molecule has 0 spiro atoms. The molecule has 94 valence electrons. The van der Waals surface area contributed by atoms with Gasteiger partial charge in [-0.3, -0.25) is 4.79 Å². The maximum atomic E-state index is 11.5. The summed E-state index contributed by atoms with van der Waals surface area (Å²) in [6.07, 6.45) is 4.73. The average Bonchev–Trinajstić information content (AvgIpc) is 2.30. The molecule has 0 aliphatic heterocycles. The second-order valence-electron chi connectivity index (χ2n) is 4.23. The van der Waals surface area contributed by atoms with E-state index < -0.39 is 0 Å². The minimum Gasteiger partial charge on any atom is -0.325 e. The summed E-state index contributed by atoms with van der Waals surface area (Å²) in [6.45, 7) is 0.365. The molecule has 1 aromatic rings. The van der Waals surface area contributed by atoms with Crippen molar-refractivity contribution in [3.8, 4) is 0 Å². The number of carbonyl (C=O) groups is 1. The summed E-state index contributed by atoms with van der Waals surface area (Å²) in [7, 11) is 1.78. The van der Waals surface area contributed by atoms with E-state index in [1.165, 1.54) is 24.0 Å². The van der Waals surface area contributed by atoms with E-state index in [0.29, 0.717) is 6.54 Å². The summed E-state index contributed by atoms with van der Waals surface area (Å²) in [6, 6.07) is 6.19. The fourth-order valence-corrected chi connectivity index (χ4v) is 2.25. The third-order valence-corrected chi connectivity index (χ3v) is 3.01. The summed E-state index contributed by atoms with van der Waals surface area (Å²) in [5.41, 5.74) is 3.73. The minimum atomic E-state index is 0. The third kappa shape index (κ3) is 3.45. The Balaban J connectivity index is 0.00000144. The lowest BCUT2D eigenvalue weighted by molar-refractivity contribution is -0.115. The topological polar surface area (TPSA) is 41.1 Å². The van der Waals surface area contributed by atoms with Crippen molar-refractivity contribution in [3.63, 3.8) is 0 Å². The van der Waals surface area contributed by atoms with E-state index in [4.69, 9.17) is 0 Å². The molecule has 1 aromatic carbocycles. The molecular formula is C13H19ClN2O. The fraction of sp³-hybridized carbons (Fsp3) is 0.462. The highest BCUT2D eigenvalue weighted by atomic mass is 35.5. The van der Waals surface area contributed by atoms with E-state index in [1.54, 1.807) is 7.05 Å². The minimum absolute atomic E-state index is 0. The molecule has 1 amide bonds. The standard InChI is InChI=1S/C13H18N2O.ClH/c1-14-9-13(16)15-12-8-4-6-10-5-2-3-7-11(10)12;/h4,6,8,14H,2-3,5,7,9H2,1H3,(H,15,16);1H. The number of nitrogens with one attached hydrogen (secondary N) is 2. The Morgan fingerprint density at radius 1 is 1.29 bits per heavy atom. The molecular weight excluding hydrogens is 236 g/mol. The van der Waals surface area contributed by atoms with Crippen molar-refractivity contribution in [1.29, 1.82) is 0 Å². The van der Waals surface area contributed by atoms with Crippen molar-refractivity contribution in [2.24, 2.45) is 0 Å². The van der Waals surface area contributed by atoms with Crippen LogP contribution in [0.1, 0.15) is 24.0 Å². The molecule has 2 N–H and O–H groups in total. The van der Waals surface area contributed by atoms with Crippen LogP contribution in [0.2, 0.25) is 0 Å². The highest BCUT2D eigenvalue weighted by molar-refractivity contribution is 5.93. The number of hydrogen-bond donors (Lipinski definition) is 2. The molecule has 1 aliphatic carbocycles. The van der Waals surface area contributed by atoms with Gasteiger partial charge in [0.2, 0.25) is 5.91 Å². The van der Waals surface area contributed by atoms with Gasteiger partial charge in [0.05, 0.1) is 6.54 Å². The van der Waals surface area contributed by atoms with E-state index in [-0.39, 0.29) is 18.3 Å². The summed E-state index contributed by atoms with van der Waals surface area (Å²) >= 11 is 0. The molecule has 0 saturated carbocycles. The van der Waals surface area contributed by atoms with E-state index >= 15 is 0 Å². The predicted molar refractivity (Wildman–Crippen MR) is 72.9 cm³/mol. The summed E-state index contributed by atoms with van der Waals surface area (Å²) < 4.78 is 0. The molecule has 17 heavy (non-hydrogen) atoms. The first kappa shape index (κ1) is 14.0. The SMILES string of the molecule is CNCC(=O)Nc1cccc2c1CCCC2.Cl. The molecule has 0 unspecified atom stereocenters. The van der Waals surface area contributed by atoms with Crippen molar-refractivity contribution in [2.75, 3.05) is 18.9 Å². The molecule has 0 radical (unpaired) electrons. The van der Waals surface area contributed by atoms with Crippen LogP contribution >= 0.6 is 12.4 Å². The van der Waals surface area contributed by atoms with Crippen molar-refractivity contribution in [3.05, 3.63) is 29.3 Å². The van der Waals surface area contributed by atoms with Gasteiger partial charge in [0.25, 0.3) is 0 Å². The van der Waals surface area contributed by atoms with E-state index in [2.05, 4.69) is 16.7 Å². The molecule has 0 atom stereocenters. The Hall–Kier alpha value is -1.06. The Labute approximate surface area is 108 Å². The Morgan fingerprint density at radius 3 is 2.82 bits per heavy atom. The first-order valence-corrected chi connectivity index (χ1v) is 5.86. The lowest BCUT2D eigenvalue weighted by Crippen LogP contribution is -2.26. The zero-order valence-corrected chi connectivity index (χ0v) is 10.9. The largest absolute Gasteiger partial charge is 0.325 e. The number of hydrogen-bond acceptors (Lipinski definition) is 2. The van der Waals surface area contributed by atoms with Gasteiger partial charge in [-0.2, -0.15) is 0 Å². The number of fused-ring (bicyclic) bond motifs is 1. The predicted octanol–water partition coefficient (Wildman–Crippen LogP) is 2.15. The molecule has 3 nitrogen and oxygen atoms in total. The molecule has 0 bridgehead atoms. The number of rotatable bonds is 3. The highest BCUT2D eigenvalue weighted by Gasteiger charge is 2.13. The van der Waals surface area contributed by atoms with E-state index in [9.17, 15) is 4.79 Å². The van der Waals surface area contributed by atoms with Gasteiger partial charge in [-0.25, -0.2) is 0 Å². The number of carbonyl (C=O) groups excluding carboxylic acids is 1. The molecule has 1 aliphatic rings. The number of aryl methyl sites for hydroxylation is 1. The van der Waals surface area contributed by atoms with Gasteiger partial charge in [0.15, 0.2) is 0 Å². The summed E-state index contributed by atoms with van der Waals surface area (Å²) in [5.74, 6) is 0.0291. The normalized spacial score (nSPS) is 13.5. The Kier molecular flexibility index (Phi) is 5.45. The lowest BCUT2D eigenvalue weighted by Gasteiger charge is -2.19. The van der Waals surface area contributed by atoms with E-state index in [1.807, 2.05) is 12.1 Å². The number of likely N-dealkylation sites (N-methyl/N-ethyl adjacent to an activating group) is 1. The van der Waals surface area contributed by atoms with Crippen molar-refractivity contribution in [1.82, 2.24) is 5.32 Å². The molecule has 0 fully saturated rings. The van der Waals surface area contributed by atoms with Crippen LogP contribution in [0.4, 0.5) is 5.69 Å².